The Kier molecular flexibility index (Phi) is 9.92. The average molecular weight is 732 g/mol. The number of amides is 4. The Morgan fingerprint density at radius 1 is 1.16 bits per heavy atom. The largest absolute Gasteiger partial charge is 0.494 e. The molecule has 50 heavy (non-hydrogen) atoms. The summed E-state index contributed by atoms with van der Waals surface area (Å²) in [6.45, 7) is 3.73. The quantitative estimate of drug-likeness (QED) is 0.307. The molecule has 3 heterocycles. The molecule has 0 bridgehead atoms. The van der Waals surface area contributed by atoms with E-state index < -0.39 is 74.7 Å². The van der Waals surface area contributed by atoms with Crippen LogP contribution >= 0.6 is 11.6 Å². The fraction of sp³-hybridized carbons (Fsp3) is 0.559. The zero-order chi connectivity index (χ0) is 36.0. The normalized spacial score (nSPS) is 30.3. The number of fused-ring (bicyclic) bond motifs is 3. The molecule has 1 aromatic heterocycles. The second-order valence-electron chi connectivity index (χ2n) is 14.0. The molecule has 2 aliphatic carbocycles. The van der Waals surface area contributed by atoms with Gasteiger partial charge in [-0.25, -0.2) is 18.2 Å². The first kappa shape index (κ1) is 35.7. The summed E-state index contributed by atoms with van der Waals surface area (Å²) in [6, 6.07) is 2.84. The Morgan fingerprint density at radius 3 is 2.62 bits per heavy atom. The second-order valence-corrected chi connectivity index (χ2v) is 16.3. The Morgan fingerprint density at radius 2 is 1.92 bits per heavy atom. The van der Waals surface area contributed by atoms with E-state index in [1.54, 1.807) is 25.1 Å². The lowest BCUT2D eigenvalue weighted by Crippen LogP contribution is -2.59. The molecule has 2 saturated carbocycles. The van der Waals surface area contributed by atoms with Crippen molar-refractivity contribution >= 4 is 56.2 Å². The minimum Gasteiger partial charge on any atom is -0.494 e. The maximum absolute atomic E-state index is 14.3. The number of rotatable bonds is 7. The van der Waals surface area contributed by atoms with E-state index in [-0.39, 0.29) is 31.2 Å². The summed E-state index contributed by atoms with van der Waals surface area (Å²) in [5.41, 5.74) is -1.54. The molecule has 0 spiro atoms. The number of pyridine rings is 1. The molecular formula is C34H42ClN5O9S. The molecule has 2 aromatic rings. The van der Waals surface area contributed by atoms with Crippen LogP contribution in [0.25, 0.3) is 10.8 Å². The summed E-state index contributed by atoms with van der Waals surface area (Å²) in [7, 11) is -2.42. The van der Waals surface area contributed by atoms with Gasteiger partial charge in [-0.3, -0.25) is 19.1 Å². The molecular weight excluding hydrogens is 690 g/mol. The molecule has 0 radical (unpaired) electrons. The molecule has 1 saturated heterocycles. The van der Waals surface area contributed by atoms with Gasteiger partial charge in [0.25, 0.3) is 5.91 Å². The number of halogens is 1. The van der Waals surface area contributed by atoms with Gasteiger partial charge in [0, 0.05) is 23.1 Å². The van der Waals surface area contributed by atoms with Gasteiger partial charge in [0.05, 0.1) is 30.1 Å². The van der Waals surface area contributed by atoms with Crippen LogP contribution in [0.2, 0.25) is 5.02 Å². The maximum Gasteiger partial charge on any atom is 0.405 e. The predicted octanol–water partition coefficient (Wildman–Crippen LogP) is 3.38. The third-order valence-electron chi connectivity index (χ3n) is 10.2. The second kappa shape index (κ2) is 13.9. The van der Waals surface area contributed by atoms with Crippen molar-refractivity contribution in [2.75, 3.05) is 13.7 Å². The highest BCUT2D eigenvalue weighted by molar-refractivity contribution is 7.91. The van der Waals surface area contributed by atoms with Gasteiger partial charge in [-0.1, -0.05) is 43.7 Å². The third-order valence-corrected chi connectivity index (χ3v) is 12.3. The first-order chi connectivity index (χ1) is 23.7. The minimum atomic E-state index is -3.91. The lowest BCUT2D eigenvalue weighted by molar-refractivity contribution is -0.142. The van der Waals surface area contributed by atoms with Crippen molar-refractivity contribution in [1.29, 1.82) is 0 Å². The lowest BCUT2D eigenvalue weighted by atomic mass is 9.88. The minimum absolute atomic E-state index is 0.0174. The van der Waals surface area contributed by atoms with E-state index >= 15 is 0 Å². The number of carbonyl (C=O) groups is 4. The molecule has 2 aliphatic heterocycles. The average Bonchev–Trinajstić information content (AvgIpc) is 3.98. The number of carbonyl (C=O) groups excluding carboxylic acids is 3. The van der Waals surface area contributed by atoms with E-state index in [2.05, 4.69) is 20.3 Å². The predicted molar refractivity (Wildman–Crippen MR) is 183 cm³/mol. The smallest absolute Gasteiger partial charge is 0.405 e. The van der Waals surface area contributed by atoms with Gasteiger partial charge in [0.2, 0.25) is 27.7 Å². The van der Waals surface area contributed by atoms with Crippen LogP contribution in [0.1, 0.15) is 58.8 Å². The van der Waals surface area contributed by atoms with Crippen molar-refractivity contribution in [3.8, 4) is 11.6 Å². The summed E-state index contributed by atoms with van der Waals surface area (Å²) in [5.74, 6) is -2.24. The molecule has 4 amide bonds. The number of carboxylic acid groups (broad SMARTS) is 1. The highest BCUT2D eigenvalue weighted by atomic mass is 35.5. The molecule has 1 aromatic carbocycles. The van der Waals surface area contributed by atoms with Crippen LogP contribution in [-0.2, 0) is 24.4 Å². The highest BCUT2D eigenvalue weighted by Crippen LogP contribution is 2.46. The fourth-order valence-corrected chi connectivity index (χ4v) is 8.87. The Hall–Kier alpha value is -4.11. The van der Waals surface area contributed by atoms with Gasteiger partial charge in [-0.15, -0.1) is 0 Å². The van der Waals surface area contributed by atoms with Crippen LogP contribution in [0.5, 0.6) is 11.6 Å². The Bertz CT molecular complexity index is 1840. The van der Waals surface area contributed by atoms with Crippen LogP contribution in [0.4, 0.5) is 4.79 Å². The number of nitrogens with zero attached hydrogens (tertiary/aromatic N) is 2. The zero-order valence-corrected chi connectivity index (χ0v) is 29.6. The summed E-state index contributed by atoms with van der Waals surface area (Å²) in [4.78, 5) is 59.9. The monoisotopic (exact) mass is 731 g/mol. The van der Waals surface area contributed by atoms with Crippen molar-refractivity contribution in [1.82, 2.24) is 25.2 Å². The molecule has 7 atom stereocenters. The summed E-state index contributed by atoms with van der Waals surface area (Å²) < 4.78 is 39.5. The number of hydrogen-bond acceptors (Lipinski definition) is 9. The number of sulfonamides is 1. The molecule has 14 nitrogen and oxygen atoms in total. The first-order valence-electron chi connectivity index (χ1n) is 16.9. The standard InChI is InChI=1S/C34H42ClN5O9S/c1-18-7-4-5-8-20-15-34(20,32(43)39-50(46,47)22-11-12-22)38-29(41)25-14-21(17-40(25)31(42)28(19(2)13-18)37-33(44)45)49-30-23-9-6-10-24(35)27(23)26(48-3)16-36-30/h5-6,8-10,16,18-22,25,28,37H,4,7,11-15,17H2,1-3H3,(H,38,41)(H,39,43)(H,44,45)/t18?,19-,20-,21-,25+,28+,34-/m1/s1. The van der Waals surface area contributed by atoms with E-state index in [0.717, 1.165) is 6.42 Å². The number of allylic oxidation sites excluding steroid dienone is 1. The third kappa shape index (κ3) is 7.20. The molecule has 16 heteroatoms. The zero-order valence-electron chi connectivity index (χ0n) is 28.1. The molecule has 4 aliphatic rings. The molecule has 1 unspecified atom stereocenters. The number of hydrogen-bond donors (Lipinski definition) is 4. The Labute approximate surface area is 295 Å². The Balaban J connectivity index is 1.35. The number of benzene rings is 1. The van der Waals surface area contributed by atoms with Crippen LogP contribution in [0.15, 0.2) is 36.5 Å². The number of aromatic nitrogens is 1. The highest BCUT2D eigenvalue weighted by Gasteiger charge is 2.62. The van der Waals surface area contributed by atoms with Crippen LogP contribution in [0.3, 0.4) is 0 Å². The van der Waals surface area contributed by atoms with Crippen LogP contribution in [-0.4, -0.2) is 89.9 Å². The van der Waals surface area contributed by atoms with Gasteiger partial charge in [-0.05, 0) is 62.5 Å². The number of ether oxygens (including phenoxy) is 2. The van der Waals surface area contributed by atoms with Gasteiger partial charge >= 0.3 is 6.09 Å². The van der Waals surface area contributed by atoms with E-state index in [0.29, 0.717) is 47.2 Å². The lowest BCUT2D eigenvalue weighted by Gasteiger charge is -2.32. The molecule has 270 valence electrons. The van der Waals surface area contributed by atoms with Crippen molar-refractivity contribution in [3.63, 3.8) is 0 Å². The van der Waals surface area contributed by atoms with E-state index in [1.165, 1.54) is 18.2 Å². The van der Waals surface area contributed by atoms with Crippen molar-refractivity contribution in [2.24, 2.45) is 17.8 Å². The first-order valence-corrected chi connectivity index (χ1v) is 18.8. The van der Waals surface area contributed by atoms with E-state index in [1.807, 2.05) is 19.1 Å². The summed E-state index contributed by atoms with van der Waals surface area (Å²) >= 11 is 6.49. The van der Waals surface area contributed by atoms with Gasteiger partial charge in [0.1, 0.15) is 29.5 Å². The number of methoxy groups -OCH3 is 1. The van der Waals surface area contributed by atoms with E-state index in [9.17, 15) is 32.7 Å². The molecule has 3 fully saturated rings. The summed E-state index contributed by atoms with van der Waals surface area (Å²) in [6.07, 6.45) is 6.06. The maximum atomic E-state index is 14.3. The SMILES string of the molecule is COc1cnc(O[C@@H]2C[C@H]3C(=O)N[C@]4(C(=O)NS(=O)(=O)C5CC5)C[C@H]4C=CCCC(C)C[C@@H](C)[C@H](NC(=O)O)C(=O)N3C2)c2cccc(Cl)c12. The van der Waals surface area contributed by atoms with Crippen LogP contribution < -0.4 is 24.8 Å². The number of nitrogens with one attached hydrogen (secondary N) is 3. The van der Waals surface area contributed by atoms with Crippen LogP contribution in [0, 0.1) is 17.8 Å². The van der Waals surface area contributed by atoms with Gasteiger partial charge in [-0.2, -0.15) is 0 Å². The van der Waals surface area contributed by atoms with Gasteiger partial charge in [0.15, 0.2) is 0 Å². The topological polar surface area (TPSA) is 193 Å². The fourth-order valence-electron chi connectivity index (χ4n) is 7.24. The molecule has 6 rings (SSSR count). The summed E-state index contributed by atoms with van der Waals surface area (Å²) in [5, 5.41) is 15.8. The van der Waals surface area contributed by atoms with Crippen molar-refractivity contribution in [3.05, 3.63) is 41.6 Å². The van der Waals surface area contributed by atoms with Crippen molar-refractivity contribution in [2.45, 2.75) is 87.8 Å². The van der Waals surface area contributed by atoms with Crippen molar-refractivity contribution < 1.29 is 42.2 Å². The molecule has 4 N–H and O–H groups in total. The van der Waals surface area contributed by atoms with E-state index in [4.69, 9.17) is 21.1 Å². The van der Waals surface area contributed by atoms with Gasteiger partial charge < -0.3 is 30.1 Å².